The van der Waals surface area contributed by atoms with E-state index in [1.807, 2.05) is 55.6 Å². The fraction of sp³-hybridized carbons (Fsp3) is 0.294. The molecule has 0 aliphatic carbocycles. The van der Waals surface area contributed by atoms with Crippen LogP contribution in [0, 0.1) is 0 Å². The molecule has 7 rings (SSSR count). The fourth-order valence-electron chi connectivity index (χ4n) is 5.97. The van der Waals surface area contributed by atoms with Gasteiger partial charge in [-0.05, 0) is 49.2 Å². The second-order valence-corrected chi connectivity index (χ2v) is 12.6. The quantitative estimate of drug-likeness (QED) is 0.234. The standard InChI is InChI=1S/C34H34ClN7O2/c1-34(2,3)44-33(43)41-18-16-40(17-19-41)21-29-39-30(31-32(35)36-14-15-42(29)31)25-13-12-22(23-8-4-5-9-24(23)25)20-28-37-26-10-6-7-11-27(26)38-28/h4-15H,16-21H2,1-3H3,(H,37,38). The molecule has 0 unspecified atom stereocenters. The maximum absolute atomic E-state index is 12.6. The van der Waals surface area contributed by atoms with Gasteiger partial charge in [-0.25, -0.2) is 19.7 Å². The summed E-state index contributed by atoms with van der Waals surface area (Å²) in [6, 6.07) is 20.8. The van der Waals surface area contributed by atoms with Gasteiger partial charge in [0.15, 0.2) is 5.15 Å². The average molecular weight is 608 g/mol. The SMILES string of the molecule is CC(C)(C)OC(=O)N1CCN(Cc2nc(-c3ccc(Cc4nc5ccccc5[nH]4)c4ccccc34)c3c(Cl)nccn23)CC1. The predicted octanol–water partition coefficient (Wildman–Crippen LogP) is 6.72. The number of nitrogens with one attached hydrogen (secondary N) is 1. The fourth-order valence-corrected chi connectivity index (χ4v) is 6.21. The van der Waals surface area contributed by atoms with Crippen molar-refractivity contribution in [3.63, 3.8) is 0 Å². The molecule has 0 bridgehead atoms. The number of carbonyl (C=O) groups is 1. The lowest BCUT2D eigenvalue weighted by Gasteiger charge is -2.35. The van der Waals surface area contributed by atoms with E-state index in [4.69, 9.17) is 26.3 Å². The molecule has 3 aromatic heterocycles. The van der Waals surface area contributed by atoms with E-state index in [-0.39, 0.29) is 6.09 Å². The Hall–Kier alpha value is -4.47. The van der Waals surface area contributed by atoms with Crippen LogP contribution >= 0.6 is 11.6 Å². The van der Waals surface area contributed by atoms with Gasteiger partial charge in [0.05, 0.1) is 17.6 Å². The number of ether oxygens (including phenoxy) is 1. The molecule has 1 N–H and O–H groups in total. The van der Waals surface area contributed by atoms with E-state index in [0.717, 1.165) is 63.3 Å². The number of aromatic amines is 1. The molecular formula is C34H34ClN7O2. The minimum absolute atomic E-state index is 0.265. The summed E-state index contributed by atoms with van der Waals surface area (Å²) in [4.78, 5) is 34.5. The molecule has 0 spiro atoms. The molecule has 4 heterocycles. The first-order valence-electron chi connectivity index (χ1n) is 14.9. The zero-order valence-corrected chi connectivity index (χ0v) is 25.8. The minimum atomic E-state index is -0.511. The molecule has 0 atom stereocenters. The van der Waals surface area contributed by atoms with Crippen LogP contribution in [0.25, 0.3) is 38.6 Å². The average Bonchev–Trinajstić information content (AvgIpc) is 3.58. The molecule has 1 fully saturated rings. The lowest BCUT2D eigenvalue weighted by molar-refractivity contribution is 0.0137. The van der Waals surface area contributed by atoms with Gasteiger partial charge in [-0.1, -0.05) is 60.1 Å². The van der Waals surface area contributed by atoms with E-state index < -0.39 is 5.60 Å². The minimum Gasteiger partial charge on any atom is -0.444 e. The van der Waals surface area contributed by atoms with Crippen LogP contribution in [0.1, 0.15) is 38.0 Å². The van der Waals surface area contributed by atoms with Crippen LogP contribution < -0.4 is 0 Å². The smallest absolute Gasteiger partial charge is 0.410 e. The van der Waals surface area contributed by atoms with Gasteiger partial charge in [0.25, 0.3) is 0 Å². The normalized spacial score (nSPS) is 14.6. The number of piperazine rings is 1. The van der Waals surface area contributed by atoms with Crippen molar-refractivity contribution >= 4 is 45.0 Å². The van der Waals surface area contributed by atoms with E-state index in [0.29, 0.717) is 31.2 Å². The summed E-state index contributed by atoms with van der Waals surface area (Å²) >= 11 is 6.75. The number of aromatic nitrogens is 5. The van der Waals surface area contributed by atoms with Gasteiger partial charge in [0.2, 0.25) is 0 Å². The van der Waals surface area contributed by atoms with Gasteiger partial charge in [-0.15, -0.1) is 0 Å². The molecular weight excluding hydrogens is 574 g/mol. The summed E-state index contributed by atoms with van der Waals surface area (Å²) in [6.07, 6.45) is 4.04. The zero-order valence-electron chi connectivity index (χ0n) is 25.0. The Balaban J connectivity index is 1.20. The number of fused-ring (bicyclic) bond motifs is 3. The summed E-state index contributed by atoms with van der Waals surface area (Å²) in [7, 11) is 0. The predicted molar refractivity (Wildman–Crippen MR) is 173 cm³/mol. The molecule has 6 aromatic rings. The number of para-hydroxylation sites is 2. The molecule has 1 aliphatic heterocycles. The number of halogens is 1. The molecule has 1 saturated heterocycles. The van der Waals surface area contributed by atoms with Gasteiger partial charge >= 0.3 is 6.09 Å². The van der Waals surface area contributed by atoms with Gasteiger partial charge in [-0.2, -0.15) is 0 Å². The van der Waals surface area contributed by atoms with Crippen molar-refractivity contribution in [2.45, 2.75) is 39.3 Å². The van der Waals surface area contributed by atoms with Gasteiger partial charge in [-0.3, -0.25) is 9.30 Å². The van der Waals surface area contributed by atoms with Gasteiger partial charge in [0.1, 0.15) is 28.5 Å². The Morgan fingerprint density at radius 3 is 2.48 bits per heavy atom. The van der Waals surface area contributed by atoms with E-state index in [9.17, 15) is 4.79 Å². The van der Waals surface area contributed by atoms with E-state index in [2.05, 4.69) is 51.3 Å². The van der Waals surface area contributed by atoms with Crippen LogP contribution in [-0.2, 0) is 17.7 Å². The number of rotatable bonds is 5. The van der Waals surface area contributed by atoms with Crippen molar-refractivity contribution in [3.8, 4) is 11.3 Å². The van der Waals surface area contributed by atoms with Gasteiger partial charge in [0, 0.05) is 50.6 Å². The highest BCUT2D eigenvalue weighted by Gasteiger charge is 2.27. The van der Waals surface area contributed by atoms with Crippen LogP contribution in [0.3, 0.4) is 0 Å². The van der Waals surface area contributed by atoms with Crippen molar-refractivity contribution in [1.82, 2.24) is 34.1 Å². The van der Waals surface area contributed by atoms with E-state index in [1.165, 1.54) is 5.56 Å². The Bertz CT molecular complexity index is 1970. The summed E-state index contributed by atoms with van der Waals surface area (Å²) in [5.41, 5.74) is 5.26. The van der Waals surface area contributed by atoms with Crippen molar-refractivity contribution in [2.24, 2.45) is 0 Å². The number of benzene rings is 3. The number of imidazole rings is 2. The van der Waals surface area contributed by atoms with Crippen LogP contribution in [0.2, 0.25) is 5.15 Å². The van der Waals surface area contributed by atoms with Crippen molar-refractivity contribution < 1.29 is 9.53 Å². The maximum atomic E-state index is 12.6. The number of nitrogens with zero attached hydrogens (tertiary/aromatic N) is 6. The van der Waals surface area contributed by atoms with Crippen molar-refractivity contribution in [2.75, 3.05) is 26.2 Å². The first-order valence-corrected chi connectivity index (χ1v) is 15.3. The Morgan fingerprint density at radius 2 is 1.70 bits per heavy atom. The molecule has 1 amide bonds. The van der Waals surface area contributed by atoms with E-state index in [1.54, 1.807) is 11.1 Å². The summed E-state index contributed by atoms with van der Waals surface area (Å²) in [5.74, 6) is 1.80. The zero-order chi connectivity index (χ0) is 30.4. The molecule has 224 valence electrons. The summed E-state index contributed by atoms with van der Waals surface area (Å²) in [5, 5.41) is 2.65. The van der Waals surface area contributed by atoms with Crippen LogP contribution in [0.5, 0.6) is 0 Å². The maximum Gasteiger partial charge on any atom is 0.410 e. The highest BCUT2D eigenvalue weighted by Crippen LogP contribution is 2.36. The largest absolute Gasteiger partial charge is 0.444 e. The molecule has 0 saturated carbocycles. The summed E-state index contributed by atoms with van der Waals surface area (Å²) in [6.45, 7) is 8.93. The Labute approximate surface area is 260 Å². The second-order valence-electron chi connectivity index (χ2n) is 12.3. The molecule has 10 heteroatoms. The molecule has 0 radical (unpaired) electrons. The first kappa shape index (κ1) is 28.3. The monoisotopic (exact) mass is 607 g/mol. The number of carbonyl (C=O) groups excluding carboxylic acids is 1. The van der Waals surface area contributed by atoms with Crippen LogP contribution in [0.4, 0.5) is 4.79 Å². The lowest BCUT2D eigenvalue weighted by Crippen LogP contribution is -2.49. The Morgan fingerprint density at radius 1 is 0.955 bits per heavy atom. The molecule has 3 aromatic carbocycles. The molecule has 1 aliphatic rings. The van der Waals surface area contributed by atoms with Crippen LogP contribution in [-0.4, -0.2) is 72.0 Å². The highest BCUT2D eigenvalue weighted by atomic mass is 35.5. The van der Waals surface area contributed by atoms with Crippen molar-refractivity contribution in [3.05, 3.63) is 95.4 Å². The molecule has 9 nitrogen and oxygen atoms in total. The number of H-pyrrole nitrogens is 1. The number of hydrogen-bond acceptors (Lipinski definition) is 6. The van der Waals surface area contributed by atoms with E-state index >= 15 is 0 Å². The van der Waals surface area contributed by atoms with Crippen LogP contribution in [0.15, 0.2) is 73.1 Å². The topological polar surface area (TPSA) is 91.6 Å². The first-order chi connectivity index (χ1) is 21.2. The number of hydrogen-bond donors (Lipinski definition) is 1. The molecule has 44 heavy (non-hydrogen) atoms. The third kappa shape index (κ3) is 5.49. The second kappa shape index (κ2) is 11.2. The third-order valence-corrected chi connectivity index (χ3v) is 8.31. The van der Waals surface area contributed by atoms with Gasteiger partial charge < -0.3 is 14.6 Å². The van der Waals surface area contributed by atoms with Crippen molar-refractivity contribution in [1.29, 1.82) is 0 Å². The third-order valence-electron chi connectivity index (χ3n) is 8.04. The lowest BCUT2D eigenvalue weighted by atomic mass is 9.96. The summed E-state index contributed by atoms with van der Waals surface area (Å²) < 4.78 is 7.61. The highest BCUT2D eigenvalue weighted by molar-refractivity contribution is 6.33. The number of amides is 1. The Kier molecular flexibility index (Phi) is 7.22.